The number of rotatable bonds is 3. The van der Waals surface area contributed by atoms with Crippen molar-refractivity contribution in [2.75, 3.05) is 0 Å². The molecule has 0 heterocycles. The van der Waals surface area contributed by atoms with Gasteiger partial charge < -0.3 is 5.73 Å². The zero-order valence-electron chi connectivity index (χ0n) is 4.95. The molecule has 0 radical (unpaired) electrons. The maximum atomic E-state index is 6.93. The zero-order chi connectivity index (χ0) is 6.57. The van der Waals surface area contributed by atoms with Gasteiger partial charge in [0.1, 0.15) is 5.84 Å². The molecule has 8 heavy (non-hydrogen) atoms. The van der Waals surface area contributed by atoms with E-state index in [2.05, 4.69) is 22.9 Å². The van der Waals surface area contributed by atoms with Crippen LogP contribution in [0.15, 0.2) is 0 Å². The normalized spacial score (nSPS) is 13.2. The number of nitrogens with two attached hydrogens (primary N) is 1. The number of hydrogen-bond acceptors (Lipinski definition) is 1. The third-order valence-electron chi connectivity index (χ3n) is 0.880. The maximum Gasteiger partial charge on any atom is 0.105 e. The van der Waals surface area contributed by atoms with E-state index in [-0.39, 0.29) is 10.7 Å². The Morgan fingerprint density at radius 2 is 2.38 bits per heavy atom. The van der Waals surface area contributed by atoms with Gasteiger partial charge in [-0.15, -0.1) is 0 Å². The molecule has 0 aromatic heterocycles. The molecule has 0 aromatic rings. The number of nitrogens with one attached hydrogen (secondary N) is 1. The van der Waals surface area contributed by atoms with E-state index in [1.165, 1.54) is 0 Å². The van der Waals surface area contributed by atoms with Crippen LogP contribution in [-0.4, -0.2) is 10.7 Å². The molecule has 1 unspecified atom stereocenters. The molecule has 3 N–H and O–H groups in total. The Morgan fingerprint density at radius 3 is 2.50 bits per heavy atom. The highest BCUT2D eigenvalue weighted by Gasteiger charge is 2.03. The van der Waals surface area contributed by atoms with Crippen molar-refractivity contribution < 1.29 is 0 Å². The molecular formula is C5H11BrN2. The molecule has 0 aromatic carbocycles. The maximum absolute atomic E-state index is 6.93. The third kappa shape index (κ3) is 3.02. The fourth-order valence-electron chi connectivity index (χ4n) is 0.409. The lowest BCUT2D eigenvalue weighted by atomic mass is 10.2. The molecular weight excluding hydrogens is 168 g/mol. The van der Waals surface area contributed by atoms with E-state index in [0.717, 1.165) is 12.8 Å². The van der Waals surface area contributed by atoms with E-state index in [0.29, 0.717) is 0 Å². The van der Waals surface area contributed by atoms with Crippen LogP contribution in [0.25, 0.3) is 0 Å². The van der Waals surface area contributed by atoms with Gasteiger partial charge in [0.2, 0.25) is 0 Å². The van der Waals surface area contributed by atoms with Crippen LogP contribution in [0.1, 0.15) is 19.8 Å². The van der Waals surface area contributed by atoms with Gasteiger partial charge in [0.15, 0.2) is 0 Å². The van der Waals surface area contributed by atoms with Crippen molar-refractivity contribution in [1.82, 2.24) is 0 Å². The van der Waals surface area contributed by atoms with Crippen LogP contribution in [0.5, 0.6) is 0 Å². The lowest BCUT2D eigenvalue weighted by Gasteiger charge is -2.02. The number of amidine groups is 1. The molecule has 0 saturated heterocycles. The quantitative estimate of drug-likeness (QED) is 0.384. The number of alkyl halides is 1. The molecule has 2 nitrogen and oxygen atoms in total. The van der Waals surface area contributed by atoms with E-state index >= 15 is 0 Å². The minimum atomic E-state index is 0.0903. The van der Waals surface area contributed by atoms with E-state index in [1.54, 1.807) is 0 Å². The lowest BCUT2D eigenvalue weighted by Crippen LogP contribution is -2.21. The van der Waals surface area contributed by atoms with Crippen LogP contribution in [-0.2, 0) is 0 Å². The van der Waals surface area contributed by atoms with E-state index in [4.69, 9.17) is 11.1 Å². The monoisotopic (exact) mass is 178 g/mol. The molecule has 0 fully saturated rings. The molecule has 0 rings (SSSR count). The first-order chi connectivity index (χ1) is 3.68. The summed E-state index contributed by atoms with van der Waals surface area (Å²) < 4.78 is 0. The Balaban J connectivity index is 3.32. The molecule has 1 atom stereocenters. The van der Waals surface area contributed by atoms with Gasteiger partial charge in [0, 0.05) is 0 Å². The Morgan fingerprint density at radius 1 is 1.88 bits per heavy atom. The molecule has 3 heteroatoms. The SMILES string of the molecule is CCCC(Br)C(=N)N. The van der Waals surface area contributed by atoms with Crippen LogP contribution < -0.4 is 5.73 Å². The summed E-state index contributed by atoms with van der Waals surface area (Å²) in [6.45, 7) is 2.07. The summed E-state index contributed by atoms with van der Waals surface area (Å²) in [7, 11) is 0. The second-order valence-corrected chi connectivity index (χ2v) is 2.82. The van der Waals surface area contributed by atoms with Crippen molar-refractivity contribution in [3.05, 3.63) is 0 Å². The molecule has 0 aliphatic rings. The highest BCUT2D eigenvalue weighted by atomic mass is 79.9. The van der Waals surface area contributed by atoms with Crippen LogP contribution in [0.3, 0.4) is 0 Å². The lowest BCUT2D eigenvalue weighted by molar-refractivity contribution is 0.848. The Bertz CT molecular complexity index is 82.5. The largest absolute Gasteiger partial charge is 0.387 e. The third-order valence-corrected chi connectivity index (χ3v) is 1.83. The predicted molar refractivity (Wildman–Crippen MR) is 39.5 cm³/mol. The molecule has 48 valence electrons. The van der Waals surface area contributed by atoms with Gasteiger partial charge in [-0.3, -0.25) is 5.41 Å². The molecule has 0 aliphatic heterocycles. The highest BCUT2D eigenvalue weighted by molar-refractivity contribution is 9.10. The fraction of sp³-hybridized carbons (Fsp3) is 0.800. The summed E-state index contributed by atoms with van der Waals surface area (Å²) >= 11 is 3.25. The van der Waals surface area contributed by atoms with E-state index < -0.39 is 0 Å². The van der Waals surface area contributed by atoms with E-state index in [9.17, 15) is 0 Å². The van der Waals surface area contributed by atoms with Crippen LogP contribution in [0, 0.1) is 5.41 Å². The standard InChI is InChI=1S/C5H11BrN2/c1-2-3-4(6)5(7)8/h4H,2-3H2,1H3,(H3,7,8). The minimum absolute atomic E-state index is 0.0903. The van der Waals surface area contributed by atoms with Gasteiger partial charge in [-0.05, 0) is 6.42 Å². The van der Waals surface area contributed by atoms with Gasteiger partial charge in [-0.25, -0.2) is 0 Å². The summed E-state index contributed by atoms with van der Waals surface area (Å²) in [5.74, 6) is 0.229. The number of hydrogen-bond donors (Lipinski definition) is 2. The van der Waals surface area contributed by atoms with Crippen molar-refractivity contribution in [1.29, 1.82) is 5.41 Å². The van der Waals surface area contributed by atoms with Crippen LogP contribution in [0.2, 0.25) is 0 Å². The summed E-state index contributed by atoms with van der Waals surface area (Å²) in [6, 6.07) is 0. The molecule has 0 aliphatic carbocycles. The molecule has 0 saturated carbocycles. The smallest absolute Gasteiger partial charge is 0.105 e. The average molecular weight is 179 g/mol. The molecule has 0 spiro atoms. The van der Waals surface area contributed by atoms with Gasteiger partial charge in [0.05, 0.1) is 4.83 Å². The van der Waals surface area contributed by atoms with Crippen molar-refractivity contribution in [2.45, 2.75) is 24.6 Å². The predicted octanol–water partition coefficient (Wildman–Crippen LogP) is 1.49. The van der Waals surface area contributed by atoms with Gasteiger partial charge >= 0.3 is 0 Å². The first-order valence-electron chi connectivity index (χ1n) is 2.66. The first-order valence-corrected chi connectivity index (χ1v) is 3.58. The minimum Gasteiger partial charge on any atom is -0.387 e. The van der Waals surface area contributed by atoms with Crippen molar-refractivity contribution in [3.8, 4) is 0 Å². The first kappa shape index (κ1) is 7.95. The Kier molecular flexibility index (Phi) is 3.87. The molecule has 0 amide bonds. The zero-order valence-corrected chi connectivity index (χ0v) is 6.53. The van der Waals surface area contributed by atoms with Crippen LogP contribution >= 0.6 is 15.9 Å². The van der Waals surface area contributed by atoms with Crippen molar-refractivity contribution in [3.63, 3.8) is 0 Å². The topological polar surface area (TPSA) is 49.9 Å². The summed E-state index contributed by atoms with van der Waals surface area (Å²) in [5, 5.41) is 6.93. The Hall–Kier alpha value is -0.0500. The van der Waals surface area contributed by atoms with Crippen molar-refractivity contribution in [2.24, 2.45) is 5.73 Å². The van der Waals surface area contributed by atoms with Crippen molar-refractivity contribution >= 4 is 21.8 Å². The number of halogens is 1. The van der Waals surface area contributed by atoms with Gasteiger partial charge in [-0.1, -0.05) is 29.3 Å². The Labute approximate surface area is 58.1 Å². The second-order valence-electron chi connectivity index (χ2n) is 1.71. The van der Waals surface area contributed by atoms with Gasteiger partial charge in [-0.2, -0.15) is 0 Å². The molecule has 0 bridgehead atoms. The summed E-state index contributed by atoms with van der Waals surface area (Å²) in [6.07, 6.45) is 2.02. The van der Waals surface area contributed by atoms with E-state index in [1.807, 2.05) is 0 Å². The summed E-state index contributed by atoms with van der Waals surface area (Å²) in [5.41, 5.74) is 5.16. The average Bonchev–Trinajstić information content (AvgIpc) is 1.67. The van der Waals surface area contributed by atoms with Crippen LogP contribution in [0.4, 0.5) is 0 Å². The fourth-order valence-corrected chi connectivity index (χ4v) is 0.867. The summed E-state index contributed by atoms with van der Waals surface area (Å²) in [4.78, 5) is 0.0903. The second kappa shape index (κ2) is 3.89. The highest BCUT2D eigenvalue weighted by Crippen LogP contribution is 2.05. The van der Waals surface area contributed by atoms with Gasteiger partial charge in [0.25, 0.3) is 0 Å².